The smallest absolute Gasteiger partial charge is 0.331 e. The number of carbonyl (C=O) groups excluding carboxylic acids is 1. The fourth-order valence-electron chi connectivity index (χ4n) is 2.33. The molecule has 1 heterocycles. The molecule has 1 atom stereocenters. The van der Waals surface area contributed by atoms with Gasteiger partial charge in [0, 0.05) is 26.7 Å². The number of urea groups is 1. The van der Waals surface area contributed by atoms with E-state index < -0.39 is 16.1 Å². The van der Waals surface area contributed by atoms with Crippen LogP contribution in [0, 0.1) is 6.92 Å². The van der Waals surface area contributed by atoms with Crippen LogP contribution in [0.1, 0.15) is 5.56 Å². The standard InChI is InChI=1S/C15H23N3O4S/c1-12-4-6-14(7-5-12)23(20,21)16-15(19)18(3)11-13-10-17(2)8-9-22-13/h4-7,13H,8-11H2,1-3H3,(H,16,19). The van der Waals surface area contributed by atoms with Gasteiger partial charge in [-0.2, -0.15) is 0 Å². The van der Waals surface area contributed by atoms with Gasteiger partial charge in [0.25, 0.3) is 10.0 Å². The highest BCUT2D eigenvalue weighted by Crippen LogP contribution is 2.10. The van der Waals surface area contributed by atoms with Crippen LogP contribution >= 0.6 is 0 Å². The average Bonchev–Trinajstić information content (AvgIpc) is 2.47. The Labute approximate surface area is 137 Å². The summed E-state index contributed by atoms with van der Waals surface area (Å²) in [5.41, 5.74) is 0.950. The molecule has 8 heteroatoms. The van der Waals surface area contributed by atoms with E-state index in [9.17, 15) is 13.2 Å². The topological polar surface area (TPSA) is 79.0 Å². The summed E-state index contributed by atoms with van der Waals surface area (Å²) in [5, 5.41) is 0. The molecule has 1 fully saturated rings. The van der Waals surface area contributed by atoms with Crippen LogP contribution in [0.3, 0.4) is 0 Å². The van der Waals surface area contributed by atoms with Crippen molar-refractivity contribution in [3.05, 3.63) is 29.8 Å². The van der Waals surface area contributed by atoms with Gasteiger partial charge in [-0.1, -0.05) is 17.7 Å². The van der Waals surface area contributed by atoms with Gasteiger partial charge < -0.3 is 14.5 Å². The molecule has 0 aliphatic carbocycles. The second kappa shape index (κ2) is 7.29. The summed E-state index contributed by atoms with van der Waals surface area (Å²) in [5.74, 6) is 0. The first-order valence-electron chi connectivity index (χ1n) is 7.42. The minimum Gasteiger partial charge on any atom is -0.374 e. The van der Waals surface area contributed by atoms with E-state index in [0.717, 1.165) is 12.1 Å². The van der Waals surface area contributed by atoms with Gasteiger partial charge in [-0.15, -0.1) is 0 Å². The van der Waals surface area contributed by atoms with E-state index >= 15 is 0 Å². The number of nitrogens with one attached hydrogen (secondary N) is 1. The Kier molecular flexibility index (Phi) is 5.61. The minimum absolute atomic E-state index is 0.0681. The van der Waals surface area contributed by atoms with Crippen LogP contribution in [-0.4, -0.2) is 70.7 Å². The van der Waals surface area contributed by atoms with Crippen LogP contribution in [0.25, 0.3) is 0 Å². The highest BCUT2D eigenvalue weighted by atomic mass is 32.2. The molecule has 0 saturated carbocycles. The number of hydrogen-bond donors (Lipinski definition) is 1. The molecule has 7 nitrogen and oxygen atoms in total. The number of carbonyl (C=O) groups is 1. The summed E-state index contributed by atoms with van der Waals surface area (Å²) in [6.07, 6.45) is -0.119. The van der Waals surface area contributed by atoms with E-state index in [1.54, 1.807) is 19.2 Å². The SMILES string of the molecule is Cc1ccc(S(=O)(=O)NC(=O)N(C)CC2CN(C)CCO2)cc1. The van der Waals surface area contributed by atoms with E-state index in [4.69, 9.17) is 4.74 Å². The number of benzene rings is 1. The fourth-order valence-corrected chi connectivity index (χ4v) is 3.33. The van der Waals surface area contributed by atoms with Crippen molar-refractivity contribution in [1.29, 1.82) is 0 Å². The predicted octanol–water partition coefficient (Wildman–Crippen LogP) is 0.656. The molecule has 23 heavy (non-hydrogen) atoms. The molecule has 0 radical (unpaired) electrons. The molecule has 1 unspecified atom stereocenters. The van der Waals surface area contributed by atoms with E-state index in [1.165, 1.54) is 17.0 Å². The molecule has 1 saturated heterocycles. The van der Waals surface area contributed by atoms with Crippen molar-refractivity contribution in [1.82, 2.24) is 14.5 Å². The molecule has 2 amide bonds. The quantitative estimate of drug-likeness (QED) is 0.870. The molecule has 128 valence electrons. The molecular weight excluding hydrogens is 318 g/mol. The van der Waals surface area contributed by atoms with Crippen LogP contribution in [0.4, 0.5) is 4.79 Å². The van der Waals surface area contributed by atoms with Crippen LogP contribution in [0.2, 0.25) is 0 Å². The monoisotopic (exact) mass is 341 g/mol. The first-order chi connectivity index (χ1) is 10.8. The molecule has 1 aromatic rings. The number of nitrogens with zero attached hydrogens (tertiary/aromatic N) is 2. The Balaban J connectivity index is 1.95. The third-order valence-corrected chi connectivity index (χ3v) is 5.06. The number of rotatable bonds is 4. The van der Waals surface area contributed by atoms with Crippen molar-refractivity contribution in [2.45, 2.75) is 17.9 Å². The van der Waals surface area contributed by atoms with Gasteiger partial charge in [-0.25, -0.2) is 17.9 Å². The summed E-state index contributed by atoms with van der Waals surface area (Å²) in [6, 6.07) is 5.67. The summed E-state index contributed by atoms with van der Waals surface area (Å²) >= 11 is 0. The lowest BCUT2D eigenvalue weighted by Crippen LogP contribution is -2.49. The summed E-state index contributed by atoms with van der Waals surface area (Å²) < 4.78 is 32.1. The third-order valence-electron chi connectivity index (χ3n) is 3.72. The fraction of sp³-hybridized carbons (Fsp3) is 0.533. The van der Waals surface area contributed by atoms with E-state index in [0.29, 0.717) is 19.7 Å². The molecule has 0 spiro atoms. The van der Waals surface area contributed by atoms with Crippen LogP contribution in [0.5, 0.6) is 0 Å². The Morgan fingerprint density at radius 3 is 2.65 bits per heavy atom. The van der Waals surface area contributed by atoms with Crippen molar-refractivity contribution >= 4 is 16.1 Å². The highest BCUT2D eigenvalue weighted by molar-refractivity contribution is 7.90. The number of amides is 2. The lowest BCUT2D eigenvalue weighted by Gasteiger charge is -2.32. The maximum absolute atomic E-state index is 12.2. The average molecular weight is 341 g/mol. The first kappa shape index (κ1) is 17.7. The molecule has 0 aromatic heterocycles. The normalized spacial score (nSPS) is 19.3. The number of morpholine rings is 1. The van der Waals surface area contributed by atoms with E-state index in [-0.39, 0.29) is 11.0 Å². The molecule has 2 rings (SSSR count). The van der Waals surface area contributed by atoms with Crippen LogP contribution in [-0.2, 0) is 14.8 Å². The van der Waals surface area contributed by atoms with Gasteiger partial charge in [-0.3, -0.25) is 0 Å². The second-order valence-corrected chi connectivity index (χ2v) is 7.54. The Bertz CT molecular complexity index is 645. The van der Waals surface area contributed by atoms with Gasteiger partial charge >= 0.3 is 6.03 Å². The molecule has 1 aliphatic rings. The Hall–Kier alpha value is -1.64. The van der Waals surface area contributed by atoms with Crippen molar-refractivity contribution in [3.63, 3.8) is 0 Å². The number of sulfonamides is 1. The van der Waals surface area contributed by atoms with E-state index in [2.05, 4.69) is 9.62 Å². The molecule has 0 bridgehead atoms. The summed E-state index contributed by atoms with van der Waals surface area (Å²) in [7, 11) is -0.328. The third kappa shape index (κ3) is 4.92. The zero-order valence-corrected chi connectivity index (χ0v) is 14.5. The van der Waals surface area contributed by atoms with Crippen molar-refractivity contribution in [3.8, 4) is 0 Å². The summed E-state index contributed by atoms with van der Waals surface area (Å²) in [6.45, 7) is 4.37. The van der Waals surface area contributed by atoms with Crippen molar-refractivity contribution < 1.29 is 17.9 Å². The van der Waals surface area contributed by atoms with Crippen molar-refractivity contribution in [2.24, 2.45) is 0 Å². The lowest BCUT2D eigenvalue weighted by molar-refractivity contribution is -0.0279. The lowest BCUT2D eigenvalue weighted by atomic mass is 10.2. The largest absolute Gasteiger partial charge is 0.374 e. The number of ether oxygens (including phenoxy) is 1. The van der Waals surface area contributed by atoms with Gasteiger partial charge in [0.2, 0.25) is 0 Å². The first-order valence-corrected chi connectivity index (χ1v) is 8.91. The molecule has 1 aromatic carbocycles. The summed E-state index contributed by atoms with van der Waals surface area (Å²) in [4.78, 5) is 15.6. The highest BCUT2D eigenvalue weighted by Gasteiger charge is 2.24. The van der Waals surface area contributed by atoms with Crippen LogP contribution < -0.4 is 4.72 Å². The molecular formula is C15H23N3O4S. The van der Waals surface area contributed by atoms with Gasteiger partial charge in [0.1, 0.15) is 0 Å². The second-order valence-electron chi connectivity index (χ2n) is 5.86. The van der Waals surface area contributed by atoms with Crippen molar-refractivity contribution in [2.75, 3.05) is 40.3 Å². The van der Waals surface area contributed by atoms with Crippen LogP contribution in [0.15, 0.2) is 29.2 Å². The van der Waals surface area contributed by atoms with E-state index in [1.807, 2.05) is 14.0 Å². The molecule has 1 N–H and O–H groups in total. The maximum atomic E-state index is 12.2. The minimum atomic E-state index is -3.87. The number of likely N-dealkylation sites (N-methyl/N-ethyl adjacent to an activating group) is 2. The maximum Gasteiger partial charge on any atom is 0.331 e. The zero-order chi connectivity index (χ0) is 17.0. The van der Waals surface area contributed by atoms with Gasteiger partial charge in [-0.05, 0) is 26.1 Å². The van der Waals surface area contributed by atoms with Gasteiger partial charge in [0.15, 0.2) is 0 Å². The number of hydrogen-bond acceptors (Lipinski definition) is 5. The molecule has 1 aliphatic heterocycles. The van der Waals surface area contributed by atoms with Gasteiger partial charge in [0.05, 0.1) is 17.6 Å². The Morgan fingerprint density at radius 1 is 1.39 bits per heavy atom. The Morgan fingerprint density at radius 2 is 2.04 bits per heavy atom. The number of aryl methyl sites for hydroxylation is 1. The zero-order valence-electron chi connectivity index (χ0n) is 13.7. The predicted molar refractivity (Wildman–Crippen MR) is 86.8 cm³/mol.